The van der Waals surface area contributed by atoms with Crippen molar-refractivity contribution in [2.24, 2.45) is 0 Å². The third-order valence-corrected chi connectivity index (χ3v) is 4.11. The van der Waals surface area contributed by atoms with Crippen LogP contribution in [0.1, 0.15) is 6.92 Å². The second-order valence-electron chi connectivity index (χ2n) is 5.00. The van der Waals surface area contributed by atoms with Crippen LogP contribution >= 0.6 is 22.6 Å². The van der Waals surface area contributed by atoms with E-state index in [-0.39, 0.29) is 0 Å². The number of imidazole rings is 1. The number of ether oxygens (including phenoxy) is 2. The summed E-state index contributed by atoms with van der Waals surface area (Å²) in [5.74, 6) is 0.621. The fourth-order valence-electron chi connectivity index (χ4n) is 2.33. The SMILES string of the molecule is CCOc1cc(-c2nc3ccccc3[nH]2)cc(I)c1OCC(=O)O. The van der Waals surface area contributed by atoms with Crippen LogP contribution in [0.15, 0.2) is 36.4 Å². The summed E-state index contributed by atoms with van der Waals surface area (Å²) < 4.78 is 11.8. The number of hydrogen-bond acceptors (Lipinski definition) is 4. The topological polar surface area (TPSA) is 84.4 Å². The van der Waals surface area contributed by atoms with Gasteiger partial charge < -0.3 is 19.6 Å². The number of nitrogens with one attached hydrogen (secondary N) is 1. The number of H-pyrrole nitrogens is 1. The second kappa shape index (κ2) is 7.08. The Bertz CT molecular complexity index is 858. The zero-order valence-corrected chi connectivity index (χ0v) is 15.0. The molecule has 0 amide bonds. The summed E-state index contributed by atoms with van der Waals surface area (Å²) in [6.07, 6.45) is 0. The third-order valence-electron chi connectivity index (χ3n) is 3.31. The zero-order chi connectivity index (χ0) is 17.1. The number of hydrogen-bond donors (Lipinski definition) is 2. The molecule has 1 aromatic heterocycles. The van der Waals surface area contributed by atoms with Crippen LogP contribution in [0.4, 0.5) is 0 Å². The summed E-state index contributed by atoms with van der Waals surface area (Å²) in [6, 6.07) is 11.5. The number of carbonyl (C=O) groups is 1. The number of benzene rings is 2. The van der Waals surface area contributed by atoms with E-state index in [1.807, 2.05) is 37.3 Å². The van der Waals surface area contributed by atoms with E-state index >= 15 is 0 Å². The smallest absolute Gasteiger partial charge is 0.341 e. The van der Waals surface area contributed by atoms with Crippen molar-refractivity contribution in [1.82, 2.24) is 9.97 Å². The van der Waals surface area contributed by atoms with Gasteiger partial charge in [-0.05, 0) is 53.8 Å². The molecule has 3 rings (SSSR count). The zero-order valence-electron chi connectivity index (χ0n) is 12.9. The molecule has 1 heterocycles. The first-order valence-corrected chi connectivity index (χ1v) is 8.42. The number of aliphatic carboxylic acids is 1. The average Bonchev–Trinajstić information content (AvgIpc) is 2.98. The minimum absolute atomic E-state index is 0.417. The summed E-state index contributed by atoms with van der Waals surface area (Å²) in [6.45, 7) is 1.89. The number of aromatic nitrogens is 2. The van der Waals surface area contributed by atoms with E-state index in [1.165, 1.54) is 0 Å². The molecule has 2 N–H and O–H groups in total. The van der Waals surface area contributed by atoms with Gasteiger partial charge >= 0.3 is 5.97 Å². The highest BCUT2D eigenvalue weighted by Gasteiger charge is 2.16. The van der Waals surface area contributed by atoms with Gasteiger partial charge in [0.1, 0.15) is 5.82 Å². The van der Waals surface area contributed by atoms with E-state index in [9.17, 15) is 4.79 Å². The van der Waals surface area contributed by atoms with Crippen LogP contribution < -0.4 is 9.47 Å². The average molecular weight is 438 g/mol. The van der Waals surface area contributed by atoms with Gasteiger partial charge in [0.2, 0.25) is 0 Å². The van der Waals surface area contributed by atoms with Gasteiger partial charge in [-0.3, -0.25) is 0 Å². The van der Waals surface area contributed by atoms with E-state index < -0.39 is 12.6 Å². The van der Waals surface area contributed by atoms with Crippen LogP contribution in [0.2, 0.25) is 0 Å². The molecule has 0 radical (unpaired) electrons. The first-order chi connectivity index (χ1) is 11.6. The molecule has 0 unspecified atom stereocenters. The molecule has 0 aliphatic rings. The highest BCUT2D eigenvalue weighted by Crippen LogP contribution is 2.37. The molecule has 0 bridgehead atoms. The highest BCUT2D eigenvalue weighted by molar-refractivity contribution is 14.1. The number of rotatable bonds is 6. The minimum Gasteiger partial charge on any atom is -0.490 e. The maximum absolute atomic E-state index is 10.8. The molecule has 0 fully saturated rings. The van der Waals surface area contributed by atoms with Crippen molar-refractivity contribution in [3.63, 3.8) is 0 Å². The van der Waals surface area contributed by atoms with Crippen molar-refractivity contribution in [2.75, 3.05) is 13.2 Å². The predicted octanol–water partition coefficient (Wildman–Crippen LogP) is 3.70. The largest absolute Gasteiger partial charge is 0.490 e. The summed E-state index contributed by atoms with van der Waals surface area (Å²) in [7, 11) is 0. The number of nitrogens with zero attached hydrogens (tertiary/aromatic N) is 1. The van der Waals surface area contributed by atoms with Crippen molar-refractivity contribution in [3.05, 3.63) is 40.0 Å². The predicted molar refractivity (Wildman–Crippen MR) is 98.5 cm³/mol. The van der Waals surface area contributed by atoms with Crippen molar-refractivity contribution < 1.29 is 19.4 Å². The molecule has 0 aliphatic carbocycles. The van der Waals surface area contributed by atoms with E-state index in [0.29, 0.717) is 18.1 Å². The molecular weight excluding hydrogens is 423 g/mol. The quantitative estimate of drug-likeness (QED) is 0.574. The summed E-state index contributed by atoms with van der Waals surface area (Å²) in [5, 5.41) is 8.82. The lowest BCUT2D eigenvalue weighted by Crippen LogP contribution is -2.11. The normalized spacial score (nSPS) is 10.8. The van der Waals surface area contributed by atoms with Gasteiger partial charge in [-0.2, -0.15) is 0 Å². The Hall–Kier alpha value is -2.29. The molecule has 7 heteroatoms. The van der Waals surface area contributed by atoms with Crippen LogP contribution in [0.5, 0.6) is 11.5 Å². The molecular formula is C17H15IN2O4. The van der Waals surface area contributed by atoms with Gasteiger partial charge in [-0.1, -0.05) is 12.1 Å². The van der Waals surface area contributed by atoms with Crippen LogP contribution in [0.3, 0.4) is 0 Å². The van der Waals surface area contributed by atoms with E-state index in [4.69, 9.17) is 14.6 Å². The summed E-state index contributed by atoms with van der Waals surface area (Å²) >= 11 is 2.10. The van der Waals surface area contributed by atoms with E-state index in [0.717, 1.165) is 26.0 Å². The fourth-order valence-corrected chi connectivity index (χ4v) is 3.09. The van der Waals surface area contributed by atoms with Gasteiger partial charge in [0, 0.05) is 5.56 Å². The molecule has 0 spiro atoms. The molecule has 2 aromatic carbocycles. The molecule has 0 atom stereocenters. The van der Waals surface area contributed by atoms with Crippen LogP contribution in [-0.4, -0.2) is 34.3 Å². The third kappa shape index (κ3) is 3.45. The Morgan fingerprint density at radius 2 is 2.08 bits per heavy atom. The maximum Gasteiger partial charge on any atom is 0.341 e. The van der Waals surface area contributed by atoms with Crippen molar-refractivity contribution >= 4 is 39.6 Å². The van der Waals surface area contributed by atoms with Crippen molar-refractivity contribution in [1.29, 1.82) is 0 Å². The Kier molecular flexibility index (Phi) is 4.89. The van der Waals surface area contributed by atoms with Gasteiger partial charge in [-0.15, -0.1) is 0 Å². The maximum atomic E-state index is 10.8. The van der Waals surface area contributed by atoms with Gasteiger partial charge in [0.25, 0.3) is 0 Å². The Morgan fingerprint density at radius 1 is 1.29 bits per heavy atom. The standard InChI is InChI=1S/C17H15IN2O4/c1-2-23-14-8-10(7-11(18)16(14)24-9-15(21)22)17-19-12-5-3-4-6-13(12)20-17/h3-8H,2,9H2,1H3,(H,19,20)(H,21,22). The second-order valence-corrected chi connectivity index (χ2v) is 6.17. The van der Waals surface area contributed by atoms with Crippen LogP contribution in [0.25, 0.3) is 22.4 Å². The molecule has 6 nitrogen and oxygen atoms in total. The minimum atomic E-state index is -1.03. The molecule has 3 aromatic rings. The number of halogens is 1. The number of para-hydroxylation sites is 2. The Labute approximate surface area is 152 Å². The first-order valence-electron chi connectivity index (χ1n) is 7.34. The van der Waals surface area contributed by atoms with Gasteiger partial charge in [-0.25, -0.2) is 9.78 Å². The number of carboxylic acids is 1. The highest BCUT2D eigenvalue weighted by atomic mass is 127. The fraction of sp³-hybridized carbons (Fsp3) is 0.176. The number of aromatic amines is 1. The molecule has 0 saturated carbocycles. The van der Waals surface area contributed by atoms with Gasteiger partial charge in [0.15, 0.2) is 18.1 Å². The van der Waals surface area contributed by atoms with E-state index in [2.05, 4.69) is 32.6 Å². The van der Waals surface area contributed by atoms with Gasteiger partial charge in [0.05, 0.1) is 21.2 Å². The molecule has 0 saturated heterocycles. The van der Waals surface area contributed by atoms with Crippen molar-refractivity contribution in [2.45, 2.75) is 6.92 Å². The lowest BCUT2D eigenvalue weighted by Gasteiger charge is -2.14. The van der Waals surface area contributed by atoms with Crippen LogP contribution in [0, 0.1) is 3.57 Å². The summed E-state index contributed by atoms with van der Waals surface area (Å²) in [5.41, 5.74) is 2.68. The Morgan fingerprint density at radius 3 is 2.79 bits per heavy atom. The van der Waals surface area contributed by atoms with E-state index in [1.54, 1.807) is 6.07 Å². The number of carboxylic acid groups (broad SMARTS) is 1. The summed E-state index contributed by atoms with van der Waals surface area (Å²) in [4.78, 5) is 18.6. The first kappa shape index (κ1) is 16.6. The molecule has 124 valence electrons. The lowest BCUT2D eigenvalue weighted by molar-refractivity contribution is -0.139. The number of fused-ring (bicyclic) bond motifs is 1. The monoisotopic (exact) mass is 438 g/mol. The van der Waals surface area contributed by atoms with Crippen LogP contribution in [-0.2, 0) is 4.79 Å². The van der Waals surface area contributed by atoms with Crippen molar-refractivity contribution in [3.8, 4) is 22.9 Å². The molecule has 0 aliphatic heterocycles. The lowest BCUT2D eigenvalue weighted by atomic mass is 10.2. The Balaban J connectivity index is 2.03. The molecule has 24 heavy (non-hydrogen) atoms.